The van der Waals surface area contributed by atoms with Gasteiger partial charge in [0.25, 0.3) is 0 Å². The van der Waals surface area contributed by atoms with Crippen LogP contribution in [0.2, 0.25) is 5.02 Å². The Hall–Kier alpha value is -2.53. The summed E-state index contributed by atoms with van der Waals surface area (Å²) in [6.45, 7) is 3.79. The van der Waals surface area contributed by atoms with Crippen molar-refractivity contribution in [3.63, 3.8) is 0 Å². The molecule has 1 atom stereocenters. The number of halogens is 1. The lowest BCUT2D eigenvalue weighted by molar-refractivity contribution is -0.129. The van der Waals surface area contributed by atoms with Gasteiger partial charge in [0.05, 0.1) is 28.7 Å². The molecular weight excluding hydrogens is 374 g/mol. The minimum atomic E-state index is 0.0504. The summed E-state index contributed by atoms with van der Waals surface area (Å²) in [7, 11) is 0. The molecule has 146 valence electrons. The number of hydrogen-bond acceptors (Lipinski definition) is 3. The van der Waals surface area contributed by atoms with E-state index in [9.17, 15) is 4.79 Å². The minimum absolute atomic E-state index is 0.0504. The standard InChI is InChI=1S/C22H24ClN3O2/c1-16(27)25-13-6-11-20(25)22-24-18-9-3-4-10-19(18)26(22)14-7-15-28-21-12-5-2-8-17(21)23/h2-5,8-10,12,20H,6-7,11,13-15H2,1H3/t20-/m0/s1. The quantitative estimate of drug-likeness (QED) is 0.559. The highest BCUT2D eigenvalue weighted by Crippen LogP contribution is 2.33. The molecule has 1 aliphatic rings. The Balaban J connectivity index is 1.54. The fourth-order valence-electron chi connectivity index (χ4n) is 3.96. The summed E-state index contributed by atoms with van der Waals surface area (Å²) in [5, 5.41) is 0.624. The predicted octanol–water partition coefficient (Wildman–Crippen LogP) is 4.84. The average Bonchev–Trinajstić information content (AvgIpc) is 3.31. The lowest BCUT2D eigenvalue weighted by atomic mass is 10.2. The van der Waals surface area contributed by atoms with Gasteiger partial charge in [0, 0.05) is 20.0 Å². The first-order valence-corrected chi connectivity index (χ1v) is 10.1. The monoisotopic (exact) mass is 397 g/mol. The molecule has 2 aromatic carbocycles. The van der Waals surface area contributed by atoms with Crippen LogP contribution in [0.15, 0.2) is 48.5 Å². The molecule has 0 N–H and O–H groups in total. The van der Waals surface area contributed by atoms with Gasteiger partial charge in [-0.05, 0) is 43.5 Å². The number of nitrogens with zero attached hydrogens (tertiary/aromatic N) is 3. The van der Waals surface area contributed by atoms with Gasteiger partial charge in [-0.1, -0.05) is 35.9 Å². The first-order chi connectivity index (χ1) is 13.6. The van der Waals surface area contributed by atoms with Crippen molar-refractivity contribution in [3.05, 3.63) is 59.4 Å². The lowest BCUT2D eigenvalue weighted by Gasteiger charge is -2.24. The number of fused-ring (bicyclic) bond motifs is 1. The molecule has 2 heterocycles. The van der Waals surface area contributed by atoms with Gasteiger partial charge in [-0.15, -0.1) is 0 Å². The summed E-state index contributed by atoms with van der Waals surface area (Å²) in [4.78, 5) is 18.9. The van der Waals surface area contributed by atoms with E-state index >= 15 is 0 Å². The number of para-hydroxylation sites is 3. The molecule has 28 heavy (non-hydrogen) atoms. The van der Waals surface area contributed by atoms with Crippen LogP contribution in [0.4, 0.5) is 0 Å². The third-order valence-electron chi connectivity index (χ3n) is 5.26. The third-order valence-corrected chi connectivity index (χ3v) is 5.57. The first-order valence-electron chi connectivity index (χ1n) is 9.75. The molecule has 0 aliphatic carbocycles. The molecule has 1 amide bonds. The highest BCUT2D eigenvalue weighted by Gasteiger charge is 2.32. The van der Waals surface area contributed by atoms with Crippen molar-refractivity contribution in [2.75, 3.05) is 13.2 Å². The Bertz CT molecular complexity index is 985. The van der Waals surface area contributed by atoms with Gasteiger partial charge < -0.3 is 14.2 Å². The number of carbonyl (C=O) groups excluding carboxylic acids is 1. The van der Waals surface area contributed by atoms with Gasteiger partial charge in [0.2, 0.25) is 5.91 Å². The van der Waals surface area contributed by atoms with E-state index in [-0.39, 0.29) is 11.9 Å². The molecule has 1 saturated heterocycles. The van der Waals surface area contributed by atoms with Gasteiger partial charge in [0.1, 0.15) is 11.6 Å². The van der Waals surface area contributed by atoms with Gasteiger partial charge in [-0.25, -0.2) is 4.98 Å². The van der Waals surface area contributed by atoms with Crippen molar-refractivity contribution in [1.82, 2.24) is 14.5 Å². The molecule has 0 radical (unpaired) electrons. The number of imidazole rings is 1. The highest BCUT2D eigenvalue weighted by molar-refractivity contribution is 6.32. The third kappa shape index (κ3) is 3.72. The van der Waals surface area contributed by atoms with E-state index in [2.05, 4.69) is 10.6 Å². The van der Waals surface area contributed by atoms with Crippen LogP contribution in [0.25, 0.3) is 11.0 Å². The number of carbonyl (C=O) groups is 1. The van der Waals surface area contributed by atoms with Crippen LogP contribution in [0, 0.1) is 0 Å². The molecule has 1 fully saturated rings. The van der Waals surface area contributed by atoms with Gasteiger partial charge in [-0.2, -0.15) is 0 Å². The van der Waals surface area contributed by atoms with Crippen molar-refractivity contribution in [1.29, 1.82) is 0 Å². The lowest BCUT2D eigenvalue weighted by Crippen LogP contribution is -2.30. The number of aryl methyl sites for hydroxylation is 1. The maximum absolute atomic E-state index is 12.1. The fraction of sp³-hybridized carbons (Fsp3) is 0.364. The molecular formula is C22H24ClN3O2. The second kappa shape index (κ2) is 8.23. The maximum atomic E-state index is 12.1. The zero-order valence-corrected chi connectivity index (χ0v) is 16.7. The molecule has 6 heteroatoms. The van der Waals surface area contributed by atoms with E-state index in [0.29, 0.717) is 17.4 Å². The summed E-state index contributed by atoms with van der Waals surface area (Å²) < 4.78 is 8.09. The van der Waals surface area contributed by atoms with Crippen LogP contribution in [-0.2, 0) is 11.3 Å². The Kier molecular flexibility index (Phi) is 5.53. The molecule has 1 aromatic heterocycles. The number of hydrogen-bond donors (Lipinski definition) is 0. The van der Waals surface area contributed by atoms with E-state index in [4.69, 9.17) is 21.3 Å². The Labute approximate surface area is 169 Å². The van der Waals surface area contributed by atoms with E-state index in [1.165, 1.54) is 0 Å². The Morgan fingerprint density at radius 3 is 2.82 bits per heavy atom. The zero-order chi connectivity index (χ0) is 19.5. The summed E-state index contributed by atoms with van der Waals surface area (Å²) in [6, 6.07) is 15.7. The van der Waals surface area contributed by atoms with Crippen LogP contribution < -0.4 is 4.74 Å². The van der Waals surface area contributed by atoms with Crippen LogP contribution in [0.1, 0.15) is 38.1 Å². The number of aromatic nitrogens is 2. The van der Waals surface area contributed by atoms with Crippen molar-refractivity contribution >= 4 is 28.5 Å². The topological polar surface area (TPSA) is 47.4 Å². The molecule has 5 nitrogen and oxygen atoms in total. The van der Waals surface area contributed by atoms with Crippen molar-refractivity contribution in [2.24, 2.45) is 0 Å². The molecule has 0 spiro atoms. The Morgan fingerprint density at radius 1 is 1.21 bits per heavy atom. The molecule has 0 bridgehead atoms. The van der Waals surface area contributed by atoms with Crippen LogP contribution in [0.5, 0.6) is 5.75 Å². The van der Waals surface area contributed by atoms with E-state index in [0.717, 1.165) is 49.2 Å². The van der Waals surface area contributed by atoms with E-state index in [1.54, 1.807) is 6.92 Å². The number of benzene rings is 2. The van der Waals surface area contributed by atoms with Crippen LogP contribution >= 0.6 is 11.6 Å². The number of rotatable bonds is 6. The number of ether oxygens (including phenoxy) is 1. The zero-order valence-electron chi connectivity index (χ0n) is 16.0. The van der Waals surface area contributed by atoms with Crippen LogP contribution in [-0.4, -0.2) is 33.5 Å². The second-order valence-electron chi connectivity index (χ2n) is 7.11. The fourth-order valence-corrected chi connectivity index (χ4v) is 4.15. The summed E-state index contributed by atoms with van der Waals surface area (Å²) in [6.07, 6.45) is 2.80. The number of amides is 1. The number of likely N-dealkylation sites (tertiary alicyclic amines) is 1. The largest absolute Gasteiger partial charge is 0.492 e. The van der Waals surface area contributed by atoms with E-state index in [1.807, 2.05) is 47.4 Å². The van der Waals surface area contributed by atoms with Crippen molar-refractivity contribution < 1.29 is 9.53 Å². The molecule has 1 aliphatic heterocycles. The van der Waals surface area contributed by atoms with Gasteiger partial charge >= 0.3 is 0 Å². The van der Waals surface area contributed by atoms with Crippen molar-refractivity contribution in [3.8, 4) is 5.75 Å². The molecule has 0 unspecified atom stereocenters. The van der Waals surface area contributed by atoms with Crippen molar-refractivity contribution in [2.45, 2.75) is 38.8 Å². The smallest absolute Gasteiger partial charge is 0.220 e. The van der Waals surface area contributed by atoms with E-state index < -0.39 is 0 Å². The normalized spacial score (nSPS) is 16.6. The SMILES string of the molecule is CC(=O)N1CCC[C@H]1c1nc2ccccc2n1CCCOc1ccccc1Cl. The maximum Gasteiger partial charge on any atom is 0.220 e. The van der Waals surface area contributed by atoms with Gasteiger partial charge in [0.15, 0.2) is 0 Å². The first kappa shape index (κ1) is 18.8. The average molecular weight is 398 g/mol. The molecule has 3 aromatic rings. The van der Waals surface area contributed by atoms with Gasteiger partial charge in [-0.3, -0.25) is 4.79 Å². The van der Waals surface area contributed by atoms with Crippen LogP contribution in [0.3, 0.4) is 0 Å². The predicted molar refractivity (Wildman–Crippen MR) is 111 cm³/mol. The molecule has 4 rings (SSSR count). The summed E-state index contributed by atoms with van der Waals surface area (Å²) in [5.74, 6) is 1.80. The highest BCUT2D eigenvalue weighted by atomic mass is 35.5. The summed E-state index contributed by atoms with van der Waals surface area (Å²) in [5.41, 5.74) is 2.07. The Morgan fingerprint density at radius 2 is 2.00 bits per heavy atom. The molecule has 0 saturated carbocycles. The summed E-state index contributed by atoms with van der Waals surface area (Å²) >= 11 is 6.16. The second-order valence-corrected chi connectivity index (χ2v) is 7.52. The minimum Gasteiger partial charge on any atom is -0.492 e.